The first kappa shape index (κ1) is 19.5. The van der Waals surface area contributed by atoms with E-state index in [0.717, 1.165) is 38.8 Å². The number of rotatable bonds is 10. The van der Waals surface area contributed by atoms with Crippen molar-refractivity contribution in [3.05, 3.63) is 18.2 Å². The van der Waals surface area contributed by atoms with Crippen LogP contribution in [0.2, 0.25) is 0 Å². The Hall–Kier alpha value is -1.79. The van der Waals surface area contributed by atoms with Gasteiger partial charge >= 0.3 is 0 Å². The predicted octanol–water partition coefficient (Wildman–Crippen LogP) is 2.97. The van der Waals surface area contributed by atoms with Gasteiger partial charge in [0.05, 0.1) is 19.3 Å². The zero-order valence-corrected chi connectivity index (χ0v) is 15.3. The molecule has 1 aromatic carbocycles. The average molecular weight is 350 g/mol. The number of hydrogen-bond donors (Lipinski definition) is 2. The molecular formula is C19H30N2O4. The summed E-state index contributed by atoms with van der Waals surface area (Å²) in [6.07, 6.45) is 3.91. The number of piperidine rings is 1. The molecule has 0 radical (unpaired) electrons. The van der Waals surface area contributed by atoms with Gasteiger partial charge in [-0.2, -0.15) is 0 Å². The highest BCUT2D eigenvalue weighted by Gasteiger charge is 2.15. The number of hydrogen-bond acceptors (Lipinski definition) is 5. The zero-order chi connectivity index (χ0) is 17.9. The first-order valence-corrected chi connectivity index (χ1v) is 9.24. The molecule has 1 heterocycles. The fourth-order valence-corrected chi connectivity index (χ4v) is 2.59. The largest absolute Gasteiger partial charge is 0.490 e. The van der Waals surface area contributed by atoms with Gasteiger partial charge in [-0.1, -0.05) is 13.8 Å². The van der Waals surface area contributed by atoms with Gasteiger partial charge in [-0.3, -0.25) is 4.79 Å². The highest BCUT2D eigenvalue weighted by molar-refractivity contribution is 5.92. The second kappa shape index (κ2) is 10.9. The van der Waals surface area contributed by atoms with Gasteiger partial charge in [-0.15, -0.1) is 0 Å². The topological polar surface area (TPSA) is 68.8 Å². The van der Waals surface area contributed by atoms with Crippen LogP contribution in [0.3, 0.4) is 0 Å². The van der Waals surface area contributed by atoms with Gasteiger partial charge in [-0.25, -0.2) is 0 Å². The predicted molar refractivity (Wildman–Crippen MR) is 98.5 cm³/mol. The molecule has 2 rings (SSSR count). The fraction of sp³-hybridized carbons (Fsp3) is 0.632. The Morgan fingerprint density at radius 3 is 2.48 bits per heavy atom. The summed E-state index contributed by atoms with van der Waals surface area (Å²) in [5.41, 5.74) is 0.689. The van der Waals surface area contributed by atoms with E-state index in [1.54, 1.807) is 0 Å². The molecule has 1 saturated heterocycles. The third-order valence-corrected chi connectivity index (χ3v) is 3.89. The minimum atomic E-state index is -0.151. The van der Waals surface area contributed by atoms with Crippen molar-refractivity contribution in [3.63, 3.8) is 0 Å². The Labute approximate surface area is 150 Å². The minimum absolute atomic E-state index is 0.0733. The van der Waals surface area contributed by atoms with Crippen LogP contribution >= 0.6 is 0 Å². The summed E-state index contributed by atoms with van der Waals surface area (Å²) in [6, 6.07) is 5.47. The third-order valence-electron chi connectivity index (χ3n) is 3.89. The number of nitrogens with one attached hydrogen (secondary N) is 2. The number of anilines is 1. The highest BCUT2D eigenvalue weighted by Crippen LogP contribution is 2.31. The van der Waals surface area contributed by atoms with Crippen molar-refractivity contribution in [1.82, 2.24) is 5.32 Å². The van der Waals surface area contributed by atoms with Gasteiger partial charge in [0.1, 0.15) is 6.61 Å². The van der Waals surface area contributed by atoms with Gasteiger partial charge in [0.2, 0.25) is 5.91 Å². The van der Waals surface area contributed by atoms with Crippen molar-refractivity contribution < 1.29 is 19.0 Å². The molecule has 1 aliphatic heterocycles. The Balaban J connectivity index is 1.89. The van der Waals surface area contributed by atoms with Gasteiger partial charge < -0.3 is 24.8 Å². The molecule has 140 valence electrons. The second-order valence-electron chi connectivity index (χ2n) is 6.17. The summed E-state index contributed by atoms with van der Waals surface area (Å²) >= 11 is 0. The second-order valence-corrected chi connectivity index (χ2v) is 6.17. The molecule has 25 heavy (non-hydrogen) atoms. The maximum Gasteiger partial charge on any atom is 0.250 e. The molecule has 1 aromatic rings. The summed E-state index contributed by atoms with van der Waals surface area (Å²) in [7, 11) is 0. The fourth-order valence-electron chi connectivity index (χ4n) is 2.59. The SMILES string of the molecule is CCCOc1ccc(NC(=O)COC2CCNCC2)cc1OCCC. The molecule has 1 fully saturated rings. The number of benzene rings is 1. The van der Waals surface area contributed by atoms with E-state index >= 15 is 0 Å². The molecule has 0 aromatic heterocycles. The molecule has 0 saturated carbocycles. The van der Waals surface area contributed by atoms with Crippen molar-refractivity contribution in [3.8, 4) is 11.5 Å². The first-order chi connectivity index (χ1) is 12.2. The van der Waals surface area contributed by atoms with E-state index in [0.29, 0.717) is 30.4 Å². The van der Waals surface area contributed by atoms with Crippen LogP contribution in [0.4, 0.5) is 5.69 Å². The Morgan fingerprint density at radius 1 is 1.12 bits per heavy atom. The number of carbonyl (C=O) groups is 1. The maximum atomic E-state index is 12.1. The summed E-state index contributed by atoms with van der Waals surface area (Å²) in [5.74, 6) is 1.22. The van der Waals surface area contributed by atoms with Gasteiger partial charge in [0, 0.05) is 11.8 Å². The Kier molecular flexibility index (Phi) is 8.55. The van der Waals surface area contributed by atoms with Gasteiger partial charge in [-0.05, 0) is 50.9 Å². The minimum Gasteiger partial charge on any atom is -0.490 e. The number of ether oxygens (including phenoxy) is 3. The van der Waals surface area contributed by atoms with E-state index in [-0.39, 0.29) is 18.6 Å². The smallest absolute Gasteiger partial charge is 0.250 e. The zero-order valence-electron chi connectivity index (χ0n) is 15.3. The van der Waals surface area contributed by atoms with Crippen molar-refractivity contribution in [2.24, 2.45) is 0 Å². The lowest BCUT2D eigenvalue weighted by molar-refractivity contribution is -0.123. The van der Waals surface area contributed by atoms with Crippen LogP contribution in [0.1, 0.15) is 39.5 Å². The maximum absolute atomic E-state index is 12.1. The van der Waals surface area contributed by atoms with Crippen LogP contribution in [0, 0.1) is 0 Å². The summed E-state index contributed by atoms with van der Waals surface area (Å²) in [6.45, 7) is 7.33. The standard InChI is InChI=1S/C19H30N2O4/c1-3-11-23-17-6-5-15(13-18(17)24-12-4-2)21-19(22)14-25-16-7-9-20-10-8-16/h5-6,13,16,20H,3-4,7-12,14H2,1-2H3,(H,21,22). The first-order valence-electron chi connectivity index (χ1n) is 9.24. The van der Waals surface area contributed by atoms with E-state index in [1.165, 1.54) is 0 Å². The monoisotopic (exact) mass is 350 g/mol. The van der Waals surface area contributed by atoms with Crippen LogP contribution in [-0.4, -0.2) is 44.9 Å². The van der Waals surface area contributed by atoms with Crippen LogP contribution in [0.25, 0.3) is 0 Å². The lowest BCUT2D eigenvalue weighted by Crippen LogP contribution is -2.34. The van der Waals surface area contributed by atoms with Crippen molar-refractivity contribution in [2.75, 3.05) is 38.2 Å². The summed E-state index contributed by atoms with van der Waals surface area (Å²) in [5, 5.41) is 6.15. The van der Waals surface area contributed by atoms with Crippen molar-refractivity contribution in [2.45, 2.75) is 45.6 Å². The normalized spacial score (nSPS) is 15.0. The quantitative estimate of drug-likeness (QED) is 0.679. The molecule has 0 atom stereocenters. The molecule has 0 bridgehead atoms. The number of amides is 1. The molecule has 0 unspecified atom stereocenters. The molecule has 1 amide bonds. The molecule has 6 heteroatoms. The molecule has 6 nitrogen and oxygen atoms in total. The summed E-state index contributed by atoms with van der Waals surface area (Å²) in [4.78, 5) is 12.1. The van der Waals surface area contributed by atoms with E-state index in [4.69, 9.17) is 14.2 Å². The van der Waals surface area contributed by atoms with Crippen LogP contribution in [0.5, 0.6) is 11.5 Å². The molecule has 1 aliphatic rings. The molecule has 2 N–H and O–H groups in total. The Morgan fingerprint density at radius 2 is 1.80 bits per heavy atom. The third kappa shape index (κ3) is 6.92. The average Bonchev–Trinajstić information content (AvgIpc) is 2.64. The van der Waals surface area contributed by atoms with Crippen molar-refractivity contribution >= 4 is 11.6 Å². The van der Waals surface area contributed by atoms with E-state index in [1.807, 2.05) is 18.2 Å². The van der Waals surface area contributed by atoms with Gasteiger partial charge in [0.25, 0.3) is 0 Å². The summed E-state index contributed by atoms with van der Waals surface area (Å²) < 4.78 is 17.1. The number of carbonyl (C=O) groups excluding carboxylic acids is 1. The van der Waals surface area contributed by atoms with Crippen molar-refractivity contribution in [1.29, 1.82) is 0 Å². The lowest BCUT2D eigenvalue weighted by Gasteiger charge is -2.22. The van der Waals surface area contributed by atoms with E-state index in [2.05, 4.69) is 24.5 Å². The van der Waals surface area contributed by atoms with Gasteiger partial charge in [0.15, 0.2) is 11.5 Å². The van der Waals surface area contributed by atoms with Crippen LogP contribution in [-0.2, 0) is 9.53 Å². The lowest BCUT2D eigenvalue weighted by atomic mass is 10.1. The Bertz CT molecular complexity index is 530. The van der Waals surface area contributed by atoms with Crippen LogP contribution < -0.4 is 20.1 Å². The molecule has 0 aliphatic carbocycles. The van der Waals surface area contributed by atoms with E-state index < -0.39 is 0 Å². The molecular weight excluding hydrogens is 320 g/mol. The molecule has 0 spiro atoms. The van der Waals surface area contributed by atoms with E-state index in [9.17, 15) is 4.79 Å². The van der Waals surface area contributed by atoms with Crippen LogP contribution in [0.15, 0.2) is 18.2 Å². The highest BCUT2D eigenvalue weighted by atomic mass is 16.5.